The third kappa shape index (κ3) is 2.96. The van der Waals surface area contributed by atoms with Crippen LogP contribution in [-0.4, -0.2) is 29.2 Å². The van der Waals surface area contributed by atoms with Crippen molar-refractivity contribution in [3.8, 4) is 5.75 Å². The molecule has 1 heterocycles. The lowest BCUT2D eigenvalue weighted by Crippen LogP contribution is -2.32. The molecule has 2 aromatic carbocycles. The molecule has 0 saturated carbocycles. The molecule has 0 aliphatic carbocycles. The Hall–Kier alpha value is -2.66. The summed E-state index contributed by atoms with van der Waals surface area (Å²) in [5.74, 6) is -1.09. The molecule has 5 nitrogen and oxygen atoms in total. The average molecular weight is 330 g/mol. The second-order valence-electron chi connectivity index (χ2n) is 4.96. The van der Waals surface area contributed by atoms with Gasteiger partial charge < -0.3 is 4.74 Å². The second kappa shape index (κ2) is 6.22. The third-order valence-electron chi connectivity index (χ3n) is 3.48. The van der Waals surface area contributed by atoms with Crippen LogP contribution in [-0.2, 0) is 4.79 Å². The van der Waals surface area contributed by atoms with E-state index < -0.39 is 17.8 Å². The fourth-order valence-corrected chi connectivity index (χ4v) is 2.52. The molecule has 0 spiro atoms. The number of benzene rings is 2. The third-order valence-corrected chi connectivity index (χ3v) is 3.79. The number of carbonyl (C=O) groups is 3. The number of imide groups is 1. The molecular weight excluding hydrogens is 318 g/mol. The van der Waals surface area contributed by atoms with Crippen molar-refractivity contribution in [1.82, 2.24) is 4.90 Å². The predicted octanol–water partition coefficient (Wildman–Crippen LogP) is 2.93. The lowest BCUT2D eigenvalue weighted by Gasteiger charge is -2.13. The molecule has 0 atom stereocenters. The van der Waals surface area contributed by atoms with Gasteiger partial charge in [-0.25, -0.2) is 0 Å². The number of hydrogen-bond donors (Lipinski definition) is 0. The van der Waals surface area contributed by atoms with E-state index in [1.54, 1.807) is 48.5 Å². The van der Waals surface area contributed by atoms with Crippen LogP contribution < -0.4 is 4.74 Å². The van der Waals surface area contributed by atoms with E-state index in [2.05, 4.69) is 0 Å². The molecule has 116 valence electrons. The lowest BCUT2D eigenvalue weighted by atomic mass is 10.1. The summed E-state index contributed by atoms with van der Waals surface area (Å²) >= 11 is 5.91. The van der Waals surface area contributed by atoms with E-state index in [0.717, 1.165) is 4.90 Å². The lowest BCUT2D eigenvalue weighted by molar-refractivity contribution is -0.134. The van der Waals surface area contributed by atoms with Gasteiger partial charge >= 0.3 is 5.97 Å². The maximum absolute atomic E-state index is 12.2. The summed E-state index contributed by atoms with van der Waals surface area (Å²) in [4.78, 5) is 37.3. The molecule has 23 heavy (non-hydrogen) atoms. The molecule has 0 fully saturated rings. The Bertz CT molecular complexity index is 768. The molecule has 1 aliphatic heterocycles. The van der Waals surface area contributed by atoms with Crippen LogP contribution in [0.2, 0.25) is 5.02 Å². The van der Waals surface area contributed by atoms with Crippen molar-refractivity contribution >= 4 is 29.4 Å². The summed E-state index contributed by atoms with van der Waals surface area (Å²) in [7, 11) is 0. The zero-order chi connectivity index (χ0) is 16.4. The molecule has 0 aromatic heterocycles. The van der Waals surface area contributed by atoms with Crippen molar-refractivity contribution in [1.29, 1.82) is 0 Å². The average Bonchev–Trinajstić information content (AvgIpc) is 2.80. The van der Waals surface area contributed by atoms with E-state index in [4.69, 9.17) is 16.3 Å². The highest BCUT2D eigenvalue weighted by atomic mass is 35.5. The standard InChI is InChI=1S/C17H12ClNO4/c18-13-7-3-4-8-14(13)23-15(20)9-10-19-16(21)11-5-1-2-6-12(11)17(19)22/h1-8H,9-10H2. The molecule has 2 aromatic rings. The van der Waals surface area contributed by atoms with Crippen LogP contribution in [0.15, 0.2) is 48.5 Å². The van der Waals surface area contributed by atoms with Gasteiger partial charge in [-0.15, -0.1) is 0 Å². The number of esters is 1. The van der Waals surface area contributed by atoms with Gasteiger partial charge in [-0.1, -0.05) is 35.9 Å². The minimum atomic E-state index is -0.561. The minimum Gasteiger partial charge on any atom is -0.425 e. The van der Waals surface area contributed by atoms with Gasteiger partial charge in [-0.2, -0.15) is 0 Å². The summed E-state index contributed by atoms with van der Waals surface area (Å²) in [5.41, 5.74) is 0.717. The van der Waals surface area contributed by atoms with E-state index in [1.807, 2.05) is 0 Å². The van der Waals surface area contributed by atoms with Crippen LogP contribution in [0.25, 0.3) is 0 Å². The van der Waals surface area contributed by atoms with Crippen molar-refractivity contribution in [3.63, 3.8) is 0 Å². The summed E-state index contributed by atoms with van der Waals surface area (Å²) in [6.45, 7) is -0.0321. The first-order valence-corrected chi connectivity index (χ1v) is 7.36. The first-order valence-electron chi connectivity index (χ1n) is 6.98. The molecule has 2 amide bonds. The smallest absolute Gasteiger partial charge is 0.313 e. The van der Waals surface area contributed by atoms with Gasteiger partial charge in [-0.3, -0.25) is 19.3 Å². The number of amides is 2. The number of ether oxygens (including phenoxy) is 1. The largest absolute Gasteiger partial charge is 0.425 e. The van der Waals surface area contributed by atoms with Crippen LogP contribution in [0, 0.1) is 0 Å². The van der Waals surface area contributed by atoms with Crippen LogP contribution >= 0.6 is 11.6 Å². The van der Waals surface area contributed by atoms with Gasteiger partial charge in [0.15, 0.2) is 0 Å². The molecular formula is C17H12ClNO4. The molecule has 0 radical (unpaired) electrons. The number of halogens is 1. The van der Waals surface area contributed by atoms with E-state index >= 15 is 0 Å². The highest BCUT2D eigenvalue weighted by molar-refractivity contribution is 6.32. The summed E-state index contributed by atoms with van der Waals surface area (Å²) in [6.07, 6.45) is -0.101. The number of fused-ring (bicyclic) bond motifs is 1. The summed E-state index contributed by atoms with van der Waals surface area (Å²) in [5, 5.41) is 0.321. The van der Waals surface area contributed by atoms with E-state index in [9.17, 15) is 14.4 Å². The van der Waals surface area contributed by atoms with Crippen LogP contribution in [0.4, 0.5) is 0 Å². The predicted molar refractivity (Wildman–Crippen MR) is 83.5 cm³/mol. The Labute approximate surface area is 137 Å². The zero-order valence-corrected chi connectivity index (χ0v) is 12.7. The highest BCUT2D eigenvalue weighted by Gasteiger charge is 2.35. The Morgan fingerprint density at radius 1 is 0.957 bits per heavy atom. The maximum atomic E-state index is 12.2. The fourth-order valence-electron chi connectivity index (χ4n) is 2.35. The first-order chi connectivity index (χ1) is 11.1. The van der Waals surface area contributed by atoms with Crippen molar-refractivity contribution in [3.05, 3.63) is 64.7 Å². The Balaban J connectivity index is 1.63. The fraction of sp³-hybridized carbons (Fsp3) is 0.118. The number of rotatable bonds is 4. The van der Waals surface area contributed by atoms with Crippen molar-refractivity contribution in [2.24, 2.45) is 0 Å². The monoisotopic (exact) mass is 329 g/mol. The number of para-hydroxylation sites is 1. The van der Waals surface area contributed by atoms with Crippen LogP contribution in [0.1, 0.15) is 27.1 Å². The van der Waals surface area contributed by atoms with E-state index in [0.29, 0.717) is 16.1 Å². The van der Waals surface area contributed by atoms with Crippen LogP contribution in [0.3, 0.4) is 0 Å². The van der Waals surface area contributed by atoms with Gasteiger partial charge in [-0.05, 0) is 24.3 Å². The second-order valence-corrected chi connectivity index (χ2v) is 5.37. The molecule has 1 aliphatic rings. The molecule has 3 rings (SSSR count). The normalized spacial score (nSPS) is 13.2. The molecule has 0 unspecified atom stereocenters. The topological polar surface area (TPSA) is 63.7 Å². The van der Waals surface area contributed by atoms with E-state index in [1.165, 1.54) is 0 Å². The van der Waals surface area contributed by atoms with Gasteiger partial charge in [0.05, 0.1) is 22.6 Å². The number of nitrogens with zero attached hydrogens (tertiary/aromatic N) is 1. The van der Waals surface area contributed by atoms with Crippen molar-refractivity contribution in [2.45, 2.75) is 6.42 Å². The SMILES string of the molecule is O=C(CCN1C(=O)c2ccccc2C1=O)Oc1ccccc1Cl. The van der Waals surface area contributed by atoms with Crippen LogP contribution in [0.5, 0.6) is 5.75 Å². The highest BCUT2D eigenvalue weighted by Crippen LogP contribution is 2.25. The minimum absolute atomic E-state index is 0.0321. The quantitative estimate of drug-likeness (QED) is 0.491. The molecule has 6 heteroatoms. The number of hydrogen-bond acceptors (Lipinski definition) is 4. The van der Waals surface area contributed by atoms with Gasteiger partial charge in [0.25, 0.3) is 11.8 Å². The first kappa shape index (κ1) is 15.2. The van der Waals surface area contributed by atoms with Crippen molar-refractivity contribution in [2.75, 3.05) is 6.54 Å². The summed E-state index contributed by atoms with van der Waals surface area (Å²) < 4.78 is 5.13. The number of carbonyl (C=O) groups excluding carboxylic acids is 3. The van der Waals surface area contributed by atoms with Gasteiger partial charge in [0.1, 0.15) is 5.75 Å². The van der Waals surface area contributed by atoms with Gasteiger partial charge in [0.2, 0.25) is 0 Å². The Morgan fingerprint density at radius 3 is 2.13 bits per heavy atom. The maximum Gasteiger partial charge on any atom is 0.313 e. The summed E-state index contributed by atoms with van der Waals surface area (Å²) in [6, 6.07) is 13.2. The Kier molecular flexibility index (Phi) is 4.12. The molecule has 0 N–H and O–H groups in total. The van der Waals surface area contributed by atoms with Crippen molar-refractivity contribution < 1.29 is 19.1 Å². The Morgan fingerprint density at radius 2 is 1.52 bits per heavy atom. The zero-order valence-electron chi connectivity index (χ0n) is 12.0. The molecule has 0 bridgehead atoms. The van der Waals surface area contributed by atoms with E-state index in [-0.39, 0.29) is 18.7 Å². The molecule has 0 saturated heterocycles. The van der Waals surface area contributed by atoms with Gasteiger partial charge in [0, 0.05) is 6.54 Å².